The summed E-state index contributed by atoms with van der Waals surface area (Å²) in [6.45, 7) is 1.02. The summed E-state index contributed by atoms with van der Waals surface area (Å²) in [5, 5.41) is 21.4. The van der Waals surface area contributed by atoms with Crippen LogP contribution in [-0.2, 0) is 6.42 Å². The van der Waals surface area contributed by atoms with Gasteiger partial charge in [-0.3, -0.25) is 0 Å². The molecule has 1 aliphatic heterocycles. The molecule has 0 aromatic heterocycles. The third kappa shape index (κ3) is 2.93. The number of rotatable bonds is 3. The van der Waals surface area contributed by atoms with Gasteiger partial charge in [0, 0.05) is 12.0 Å². The summed E-state index contributed by atoms with van der Waals surface area (Å²) in [6, 6.07) is 9.98. The minimum absolute atomic E-state index is 0.263. The van der Waals surface area contributed by atoms with Gasteiger partial charge in [-0.05, 0) is 61.8 Å². The zero-order chi connectivity index (χ0) is 14.9. The molecule has 1 aromatic rings. The number of hydrogen-bond acceptors (Lipinski definition) is 3. The number of nitrogens with zero attached hydrogens (tertiary/aromatic N) is 1. The summed E-state index contributed by atoms with van der Waals surface area (Å²) in [5.74, 6) is -0.619. The zero-order valence-corrected chi connectivity index (χ0v) is 12.0. The first kappa shape index (κ1) is 14.1. The molecular formula is C17H20N2O2. The fourth-order valence-electron chi connectivity index (χ4n) is 3.90. The molecule has 4 nitrogen and oxygen atoms in total. The number of aromatic carboxylic acids is 1. The summed E-state index contributed by atoms with van der Waals surface area (Å²) in [6.07, 6.45) is 5.35. The van der Waals surface area contributed by atoms with Crippen molar-refractivity contribution in [1.29, 1.82) is 5.26 Å². The van der Waals surface area contributed by atoms with E-state index in [1.165, 1.54) is 12.0 Å². The van der Waals surface area contributed by atoms with Gasteiger partial charge in [0.2, 0.25) is 0 Å². The fraction of sp³-hybridized carbons (Fsp3) is 0.529. The molecule has 0 bridgehead atoms. The first-order valence-electron chi connectivity index (χ1n) is 7.55. The Hall–Kier alpha value is -1.86. The smallest absolute Gasteiger partial charge is 0.335 e. The van der Waals surface area contributed by atoms with Crippen molar-refractivity contribution in [2.24, 2.45) is 11.3 Å². The number of piperidine rings is 1. The second-order valence-electron chi connectivity index (χ2n) is 6.55. The fourth-order valence-corrected chi connectivity index (χ4v) is 3.90. The van der Waals surface area contributed by atoms with Crippen LogP contribution in [0.2, 0.25) is 0 Å². The first-order valence-corrected chi connectivity index (χ1v) is 7.55. The third-order valence-electron chi connectivity index (χ3n) is 4.99. The monoisotopic (exact) mass is 284 g/mol. The third-order valence-corrected chi connectivity index (χ3v) is 4.99. The average Bonchev–Trinajstić information content (AvgIpc) is 2.45. The van der Waals surface area contributed by atoms with Crippen molar-refractivity contribution < 1.29 is 9.90 Å². The molecule has 1 saturated heterocycles. The van der Waals surface area contributed by atoms with Crippen LogP contribution in [-0.4, -0.2) is 23.7 Å². The molecule has 1 aromatic carbocycles. The van der Waals surface area contributed by atoms with Gasteiger partial charge in [-0.25, -0.2) is 4.79 Å². The van der Waals surface area contributed by atoms with Crippen LogP contribution in [0, 0.1) is 22.7 Å². The van der Waals surface area contributed by atoms with E-state index in [1.807, 2.05) is 12.1 Å². The second-order valence-corrected chi connectivity index (χ2v) is 6.55. The molecule has 1 saturated carbocycles. The van der Waals surface area contributed by atoms with Crippen molar-refractivity contribution in [3.63, 3.8) is 0 Å². The van der Waals surface area contributed by atoms with Gasteiger partial charge in [0.25, 0.3) is 0 Å². The van der Waals surface area contributed by atoms with Gasteiger partial charge in [-0.15, -0.1) is 0 Å². The van der Waals surface area contributed by atoms with Crippen molar-refractivity contribution in [2.45, 2.75) is 38.1 Å². The number of carboxylic acids is 1. The van der Waals surface area contributed by atoms with Crippen LogP contribution in [0.4, 0.5) is 0 Å². The van der Waals surface area contributed by atoms with Crippen LogP contribution >= 0.6 is 0 Å². The molecule has 2 aliphatic rings. The van der Waals surface area contributed by atoms with E-state index in [2.05, 4.69) is 11.4 Å². The molecule has 110 valence electrons. The summed E-state index contributed by atoms with van der Waals surface area (Å²) < 4.78 is 0. The van der Waals surface area contributed by atoms with Gasteiger partial charge >= 0.3 is 5.97 Å². The van der Waals surface area contributed by atoms with Crippen molar-refractivity contribution in [1.82, 2.24) is 5.32 Å². The molecule has 1 spiro atoms. The standard InChI is InChI=1S/C17H20N2O2/c18-11-13-8-17(9-13)5-6-19-15(10-17)7-12-1-3-14(4-2-12)16(20)21/h1-4,13,15,19H,5-10H2,(H,20,21). The number of hydrogen-bond donors (Lipinski definition) is 2. The van der Waals surface area contributed by atoms with Crippen LogP contribution in [0.15, 0.2) is 24.3 Å². The highest BCUT2D eigenvalue weighted by molar-refractivity contribution is 5.87. The van der Waals surface area contributed by atoms with Gasteiger partial charge in [0.05, 0.1) is 11.6 Å². The van der Waals surface area contributed by atoms with Gasteiger partial charge in [0.1, 0.15) is 0 Å². The maximum Gasteiger partial charge on any atom is 0.335 e. The number of carbonyl (C=O) groups is 1. The Morgan fingerprint density at radius 3 is 2.67 bits per heavy atom. The largest absolute Gasteiger partial charge is 0.478 e. The Morgan fingerprint density at radius 2 is 2.05 bits per heavy atom. The molecule has 1 unspecified atom stereocenters. The molecule has 2 fully saturated rings. The Kier molecular flexibility index (Phi) is 3.69. The lowest BCUT2D eigenvalue weighted by atomic mass is 9.57. The average molecular weight is 284 g/mol. The predicted molar refractivity (Wildman–Crippen MR) is 78.9 cm³/mol. The van der Waals surface area contributed by atoms with E-state index in [0.717, 1.165) is 32.2 Å². The predicted octanol–water partition coefficient (Wildman–Crippen LogP) is 2.60. The molecule has 4 heteroatoms. The summed E-state index contributed by atoms with van der Waals surface area (Å²) in [7, 11) is 0. The van der Waals surface area contributed by atoms with Crippen molar-refractivity contribution >= 4 is 5.97 Å². The van der Waals surface area contributed by atoms with E-state index in [0.29, 0.717) is 17.0 Å². The van der Waals surface area contributed by atoms with Crippen LogP contribution < -0.4 is 5.32 Å². The van der Waals surface area contributed by atoms with E-state index in [-0.39, 0.29) is 5.92 Å². The first-order chi connectivity index (χ1) is 10.1. The van der Waals surface area contributed by atoms with Crippen molar-refractivity contribution in [3.05, 3.63) is 35.4 Å². The SMILES string of the molecule is N#CC1CC2(CCNC(Cc3ccc(C(=O)O)cc3)C2)C1. The summed E-state index contributed by atoms with van der Waals surface area (Å²) in [5.41, 5.74) is 1.89. The Morgan fingerprint density at radius 1 is 1.33 bits per heavy atom. The molecule has 21 heavy (non-hydrogen) atoms. The summed E-state index contributed by atoms with van der Waals surface area (Å²) in [4.78, 5) is 10.9. The van der Waals surface area contributed by atoms with Crippen LogP contribution in [0.25, 0.3) is 0 Å². The number of benzene rings is 1. The van der Waals surface area contributed by atoms with E-state index in [9.17, 15) is 4.79 Å². The Balaban J connectivity index is 1.60. The maximum absolute atomic E-state index is 10.9. The highest BCUT2D eigenvalue weighted by Crippen LogP contribution is 2.52. The van der Waals surface area contributed by atoms with E-state index < -0.39 is 5.97 Å². The number of carboxylic acid groups (broad SMARTS) is 1. The lowest BCUT2D eigenvalue weighted by molar-refractivity contribution is 0.0304. The highest BCUT2D eigenvalue weighted by atomic mass is 16.4. The van der Waals surface area contributed by atoms with Crippen molar-refractivity contribution in [2.75, 3.05) is 6.54 Å². The molecule has 0 radical (unpaired) electrons. The zero-order valence-electron chi connectivity index (χ0n) is 12.0. The van der Waals surface area contributed by atoms with Gasteiger partial charge < -0.3 is 10.4 Å². The topological polar surface area (TPSA) is 73.1 Å². The van der Waals surface area contributed by atoms with E-state index in [1.54, 1.807) is 12.1 Å². The minimum atomic E-state index is -0.881. The number of nitriles is 1. The number of nitrogens with one attached hydrogen (secondary N) is 1. The molecule has 0 amide bonds. The van der Waals surface area contributed by atoms with Gasteiger partial charge in [0.15, 0.2) is 0 Å². The molecule has 3 rings (SSSR count). The lowest BCUT2D eigenvalue weighted by Crippen LogP contribution is -2.50. The highest BCUT2D eigenvalue weighted by Gasteiger charge is 2.46. The lowest BCUT2D eigenvalue weighted by Gasteiger charge is -2.50. The molecule has 1 aliphatic carbocycles. The molecular weight excluding hydrogens is 264 g/mol. The van der Waals surface area contributed by atoms with E-state index in [4.69, 9.17) is 10.4 Å². The molecule has 1 heterocycles. The van der Waals surface area contributed by atoms with Crippen LogP contribution in [0.1, 0.15) is 41.6 Å². The molecule has 2 N–H and O–H groups in total. The second kappa shape index (κ2) is 5.50. The van der Waals surface area contributed by atoms with Crippen molar-refractivity contribution in [3.8, 4) is 6.07 Å². The summed E-state index contributed by atoms with van der Waals surface area (Å²) >= 11 is 0. The van der Waals surface area contributed by atoms with E-state index >= 15 is 0 Å². The van der Waals surface area contributed by atoms with Gasteiger partial charge in [-0.1, -0.05) is 12.1 Å². The van der Waals surface area contributed by atoms with Gasteiger partial charge in [-0.2, -0.15) is 5.26 Å². The van der Waals surface area contributed by atoms with Crippen LogP contribution in [0.3, 0.4) is 0 Å². The maximum atomic E-state index is 10.9. The molecule has 1 atom stereocenters. The minimum Gasteiger partial charge on any atom is -0.478 e. The quantitative estimate of drug-likeness (QED) is 0.894. The normalized spacial score (nSPS) is 31.4. The van der Waals surface area contributed by atoms with Crippen LogP contribution in [0.5, 0.6) is 0 Å². The Bertz CT molecular complexity index is 567. The Labute approximate surface area is 124 Å².